The number of nitrogens with zero attached hydrogens (tertiary/aromatic N) is 7. The van der Waals surface area contributed by atoms with Crippen molar-refractivity contribution in [3.05, 3.63) is 46.0 Å². The summed E-state index contributed by atoms with van der Waals surface area (Å²) in [5.41, 5.74) is 1.85. The van der Waals surface area contributed by atoms with Gasteiger partial charge in [0, 0.05) is 43.8 Å². The molecule has 0 unspecified atom stereocenters. The first kappa shape index (κ1) is 22.6. The first-order valence-electron chi connectivity index (χ1n) is 12.5. The normalized spacial score (nSPS) is 16.8. The Morgan fingerprint density at radius 3 is 2.67 bits per heavy atom. The van der Waals surface area contributed by atoms with Crippen molar-refractivity contribution in [3.63, 3.8) is 0 Å². The summed E-state index contributed by atoms with van der Waals surface area (Å²) < 4.78 is 3.46. The van der Waals surface area contributed by atoms with Crippen LogP contribution in [0.1, 0.15) is 54.6 Å². The Balaban J connectivity index is 1.38. The summed E-state index contributed by atoms with van der Waals surface area (Å²) in [6.45, 7) is 6.94. The van der Waals surface area contributed by atoms with Crippen molar-refractivity contribution in [1.82, 2.24) is 34.4 Å². The highest BCUT2D eigenvalue weighted by molar-refractivity contribution is 5.99. The van der Waals surface area contributed by atoms with E-state index in [0.29, 0.717) is 28.6 Å². The Labute approximate surface area is 207 Å². The van der Waals surface area contributed by atoms with Crippen LogP contribution < -0.4 is 21.1 Å². The standard InChI is InChI=1S/C25H29N9O2/c1-15-18-13-27-25(30-23(18)34(17-5-3-4-6-17)24(36)22(15)16(2)35)29-19-14-33-20(28-19)7-8-21(31-33)32-11-9-26-10-12-32/h7-8,13-14,17,26H,3-6,9-12H2,1-2H3,(H,27,29,30). The zero-order chi connectivity index (χ0) is 24.8. The molecule has 1 saturated carbocycles. The molecule has 2 fully saturated rings. The fraction of sp³-hybridized carbons (Fsp3) is 0.440. The van der Waals surface area contributed by atoms with Crippen LogP contribution in [0.5, 0.6) is 0 Å². The predicted octanol–water partition coefficient (Wildman–Crippen LogP) is 2.61. The van der Waals surface area contributed by atoms with Crippen molar-refractivity contribution >= 4 is 40.0 Å². The molecule has 11 nitrogen and oxygen atoms in total. The number of hydrogen-bond acceptors (Lipinski definition) is 9. The Morgan fingerprint density at radius 2 is 1.92 bits per heavy atom. The molecule has 186 valence electrons. The van der Waals surface area contributed by atoms with E-state index in [1.165, 1.54) is 6.92 Å². The van der Waals surface area contributed by atoms with Crippen LogP contribution in [0.25, 0.3) is 16.7 Å². The monoisotopic (exact) mass is 487 g/mol. The first-order valence-corrected chi connectivity index (χ1v) is 12.5. The van der Waals surface area contributed by atoms with Crippen LogP contribution in [0, 0.1) is 6.92 Å². The molecule has 0 radical (unpaired) electrons. The van der Waals surface area contributed by atoms with E-state index in [4.69, 9.17) is 10.1 Å². The van der Waals surface area contributed by atoms with E-state index in [2.05, 4.69) is 25.5 Å². The lowest BCUT2D eigenvalue weighted by Crippen LogP contribution is -2.44. The Bertz CT molecular complexity index is 1530. The number of fused-ring (bicyclic) bond motifs is 2. The maximum Gasteiger partial charge on any atom is 0.263 e. The van der Waals surface area contributed by atoms with Gasteiger partial charge in [0.2, 0.25) is 5.95 Å². The lowest BCUT2D eigenvalue weighted by molar-refractivity contribution is 0.101. The van der Waals surface area contributed by atoms with Crippen LogP contribution in [-0.2, 0) is 0 Å². The van der Waals surface area contributed by atoms with Gasteiger partial charge in [-0.3, -0.25) is 14.2 Å². The van der Waals surface area contributed by atoms with E-state index in [9.17, 15) is 9.59 Å². The largest absolute Gasteiger partial charge is 0.353 e. The topological polar surface area (TPSA) is 122 Å². The summed E-state index contributed by atoms with van der Waals surface area (Å²) in [5, 5.41) is 12.0. The minimum absolute atomic E-state index is 0.0317. The summed E-state index contributed by atoms with van der Waals surface area (Å²) in [5.74, 6) is 1.58. The van der Waals surface area contributed by atoms with Crippen LogP contribution >= 0.6 is 0 Å². The van der Waals surface area contributed by atoms with Gasteiger partial charge >= 0.3 is 0 Å². The van der Waals surface area contributed by atoms with Crippen molar-refractivity contribution in [2.24, 2.45) is 0 Å². The zero-order valence-electron chi connectivity index (χ0n) is 20.5. The number of hydrogen-bond donors (Lipinski definition) is 2. The van der Waals surface area contributed by atoms with Crippen LogP contribution in [0.4, 0.5) is 17.6 Å². The number of piperazine rings is 1. The highest BCUT2D eigenvalue weighted by Gasteiger charge is 2.26. The number of aromatic nitrogens is 6. The number of anilines is 3. The molecule has 2 aliphatic rings. The van der Waals surface area contributed by atoms with E-state index in [1.54, 1.807) is 22.2 Å². The van der Waals surface area contributed by atoms with Crippen molar-refractivity contribution < 1.29 is 4.79 Å². The molecule has 1 aliphatic carbocycles. The summed E-state index contributed by atoms with van der Waals surface area (Å²) in [4.78, 5) is 41.8. The molecular formula is C25H29N9O2. The molecule has 0 bridgehead atoms. The number of imidazole rings is 1. The van der Waals surface area contributed by atoms with Gasteiger partial charge in [0.15, 0.2) is 17.2 Å². The van der Waals surface area contributed by atoms with Crippen molar-refractivity contribution in [3.8, 4) is 0 Å². The Hall–Kier alpha value is -3.86. The molecule has 36 heavy (non-hydrogen) atoms. The van der Waals surface area contributed by atoms with E-state index in [0.717, 1.165) is 63.1 Å². The van der Waals surface area contributed by atoms with Crippen LogP contribution in [0.15, 0.2) is 29.3 Å². The van der Waals surface area contributed by atoms with Gasteiger partial charge in [0.05, 0.1) is 11.8 Å². The number of nitrogens with one attached hydrogen (secondary N) is 2. The molecule has 4 aromatic heterocycles. The molecule has 11 heteroatoms. The van der Waals surface area contributed by atoms with Crippen LogP contribution in [0.3, 0.4) is 0 Å². The van der Waals surface area contributed by atoms with Gasteiger partial charge < -0.3 is 15.5 Å². The second kappa shape index (κ2) is 8.98. The number of carbonyl (C=O) groups is 1. The Morgan fingerprint density at radius 1 is 1.14 bits per heavy atom. The minimum atomic E-state index is -0.263. The first-order chi connectivity index (χ1) is 17.5. The maximum atomic E-state index is 13.4. The lowest BCUT2D eigenvalue weighted by atomic mass is 10.0. The van der Waals surface area contributed by atoms with Gasteiger partial charge in [0.1, 0.15) is 11.5 Å². The maximum absolute atomic E-state index is 13.4. The highest BCUT2D eigenvalue weighted by atomic mass is 16.1. The number of Topliss-reactive ketones (excluding diaryl/α,β-unsaturated/α-hetero) is 1. The quantitative estimate of drug-likeness (QED) is 0.409. The highest BCUT2D eigenvalue weighted by Crippen LogP contribution is 2.32. The van der Waals surface area contributed by atoms with Crippen molar-refractivity contribution in [2.75, 3.05) is 36.4 Å². The second-order valence-corrected chi connectivity index (χ2v) is 9.58. The van der Waals surface area contributed by atoms with Gasteiger partial charge in [0.25, 0.3) is 5.56 Å². The minimum Gasteiger partial charge on any atom is -0.353 e. The summed E-state index contributed by atoms with van der Waals surface area (Å²) in [6, 6.07) is 3.96. The van der Waals surface area contributed by atoms with Crippen molar-refractivity contribution in [1.29, 1.82) is 0 Å². The third-order valence-corrected chi connectivity index (χ3v) is 7.24. The van der Waals surface area contributed by atoms with Gasteiger partial charge in [-0.2, -0.15) is 4.98 Å². The van der Waals surface area contributed by atoms with E-state index < -0.39 is 0 Å². The summed E-state index contributed by atoms with van der Waals surface area (Å²) >= 11 is 0. The number of ketones is 1. The molecular weight excluding hydrogens is 458 g/mol. The number of rotatable bonds is 5. The molecule has 0 amide bonds. The van der Waals surface area contributed by atoms with Gasteiger partial charge in [-0.15, -0.1) is 5.10 Å². The predicted molar refractivity (Wildman–Crippen MR) is 137 cm³/mol. The van der Waals surface area contributed by atoms with Crippen LogP contribution in [-0.4, -0.2) is 61.1 Å². The molecule has 2 N–H and O–H groups in total. The molecule has 1 saturated heterocycles. The van der Waals surface area contributed by atoms with Gasteiger partial charge in [-0.1, -0.05) is 12.8 Å². The molecule has 6 rings (SSSR count). The SMILES string of the molecule is CC(=O)c1c(C)c2cnc(Nc3cn4nc(N5CCNCC5)ccc4n3)nc2n(C2CCCC2)c1=O. The number of aryl methyl sites for hydroxylation is 1. The average molecular weight is 488 g/mol. The average Bonchev–Trinajstić information content (AvgIpc) is 3.54. The molecule has 5 heterocycles. The third-order valence-electron chi connectivity index (χ3n) is 7.24. The van der Waals surface area contributed by atoms with E-state index in [1.807, 2.05) is 18.3 Å². The van der Waals surface area contributed by atoms with E-state index in [-0.39, 0.29) is 22.9 Å². The summed E-state index contributed by atoms with van der Waals surface area (Å²) in [7, 11) is 0. The van der Waals surface area contributed by atoms with Gasteiger partial charge in [-0.25, -0.2) is 14.5 Å². The molecule has 4 aromatic rings. The molecule has 0 aromatic carbocycles. The zero-order valence-corrected chi connectivity index (χ0v) is 20.5. The Kier molecular flexibility index (Phi) is 5.63. The third kappa shape index (κ3) is 3.89. The smallest absolute Gasteiger partial charge is 0.263 e. The molecule has 0 atom stereocenters. The van der Waals surface area contributed by atoms with Gasteiger partial charge in [-0.05, 0) is 44.4 Å². The summed E-state index contributed by atoms with van der Waals surface area (Å²) in [6.07, 6.45) is 7.41. The molecule has 1 aliphatic heterocycles. The lowest BCUT2D eigenvalue weighted by Gasteiger charge is -2.28. The van der Waals surface area contributed by atoms with Crippen molar-refractivity contribution in [2.45, 2.75) is 45.6 Å². The second-order valence-electron chi connectivity index (χ2n) is 9.58. The fourth-order valence-corrected chi connectivity index (χ4v) is 5.42. The molecule has 0 spiro atoms. The number of pyridine rings is 1. The number of carbonyl (C=O) groups excluding carboxylic acids is 1. The van der Waals surface area contributed by atoms with E-state index >= 15 is 0 Å². The van der Waals surface area contributed by atoms with Crippen LogP contribution in [0.2, 0.25) is 0 Å². The fourth-order valence-electron chi connectivity index (χ4n) is 5.42.